The first-order valence-electron chi connectivity index (χ1n) is 9.65. The van der Waals surface area contributed by atoms with Gasteiger partial charge in [-0.3, -0.25) is 9.78 Å². The molecule has 0 aromatic carbocycles. The van der Waals surface area contributed by atoms with Crippen molar-refractivity contribution in [2.75, 3.05) is 24.5 Å². The summed E-state index contributed by atoms with van der Waals surface area (Å²) in [5.74, 6) is -0.558. The van der Waals surface area contributed by atoms with E-state index >= 15 is 0 Å². The molecule has 0 bridgehead atoms. The number of anilines is 1. The normalized spacial score (nSPS) is 17.3. The van der Waals surface area contributed by atoms with Crippen LogP contribution in [0.1, 0.15) is 47.6 Å². The number of carbonyl (C=O) groups is 1. The highest BCUT2D eigenvalue weighted by atomic mass is 19.1. The van der Waals surface area contributed by atoms with Gasteiger partial charge in [0.25, 0.3) is 0 Å². The molecule has 0 radical (unpaired) electrons. The average molecular weight is 400 g/mol. The highest BCUT2D eigenvalue weighted by molar-refractivity contribution is 6.10. The number of piperazine rings is 1. The van der Waals surface area contributed by atoms with Crippen molar-refractivity contribution < 1.29 is 13.6 Å². The number of hydrogen-bond acceptors (Lipinski definition) is 5. The zero-order chi connectivity index (χ0) is 21.2. The third-order valence-corrected chi connectivity index (χ3v) is 4.95. The lowest BCUT2D eigenvalue weighted by Crippen LogP contribution is -2.52. The van der Waals surface area contributed by atoms with Crippen LogP contribution in [-0.4, -0.2) is 47.1 Å². The van der Waals surface area contributed by atoms with E-state index in [4.69, 9.17) is 0 Å². The number of nitrogens with zero attached hydrogens (tertiary/aromatic N) is 3. The largest absolute Gasteiger partial charge is 0.354 e. The van der Waals surface area contributed by atoms with E-state index in [-0.39, 0.29) is 17.3 Å². The molecular weight excluding hydrogens is 374 g/mol. The summed E-state index contributed by atoms with van der Waals surface area (Å²) in [6.07, 6.45) is 1.96. The molecule has 5 nitrogen and oxygen atoms in total. The Morgan fingerprint density at radius 3 is 2.76 bits per heavy atom. The number of aromatic nitrogens is 2. The SMILES string of the molecule is C=C(F)c1ccc(N2CCN[C@@H](CC(C)(C)F)C2)nc1C(=O)c1cccnc1C. The fourth-order valence-electron chi connectivity index (χ4n) is 3.62. The molecule has 1 aliphatic rings. The van der Waals surface area contributed by atoms with Crippen molar-refractivity contribution >= 4 is 17.4 Å². The summed E-state index contributed by atoms with van der Waals surface area (Å²) in [5, 5.41) is 3.32. The molecule has 2 aromatic heterocycles. The lowest BCUT2D eigenvalue weighted by molar-refractivity contribution is 0.103. The van der Waals surface area contributed by atoms with Crippen LogP contribution >= 0.6 is 0 Å². The van der Waals surface area contributed by atoms with Gasteiger partial charge in [-0.15, -0.1) is 0 Å². The van der Waals surface area contributed by atoms with Crippen LogP contribution in [-0.2, 0) is 0 Å². The third-order valence-electron chi connectivity index (χ3n) is 4.95. The Balaban J connectivity index is 1.94. The van der Waals surface area contributed by atoms with E-state index in [1.165, 1.54) is 6.07 Å². The average Bonchev–Trinajstić information content (AvgIpc) is 2.66. The van der Waals surface area contributed by atoms with Gasteiger partial charge in [0.15, 0.2) is 0 Å². The number of halogens is 2. The molecule has 29 heavy (non-hydrogen) atoms. The van der Waals surface area contributed by atoms with Crippen LogP contribution in [0.2, 0.25) is 0 Å². The minimum Gasteiger partial charge on any atom is -0.354 e. The molecule has 7 heteroatoms. The molecule has 0 amide bonds. The maximum atomic E-state index is 14.1. The smallest absolute Gasteiger partial charge is 0.213 e. The van der Waals surface area contributed by atoms with Crippen LogP contribution in [0.4, 0.5) is 14.6 Å². The number of nitrogens with one attached hydrogen (secondary N) is 1. The van der Waals surface area contributed by atoms with Gasteiger partial charge in [0.2, 0.25) is 5.78 Å². The van der Waals surface area contributed by atoms with Gasteiger partial charge in [0.05, 0.1) is 0 Å². The molecule has 0 unspecified atom stereocenters. The predicted octanol–water partition coefficient (Wildman–Crippen LogP) is 3.87. The zero-order valence-corrected chi connectivity index (χ0v) is 17.0. The second-order valence-corrected chi connectivity index (χ2v) is 7.96. The van der Waals surface area contributed by atoms with Crippen molar-refractivity contribution in [2.45, 2.75) is 38.9 Å². The predicted molar refractivity (Wildman–Crippen MR) is 111 cm³/mol. The summed E-state index contributed by atoms with van der Waals surface area (Å²) in [5.41, 5.74) is -0.293. The highest BCUT2D eigenvalue weighted by Crippen LogP contribution is 2.26. The van der Waals surface area contributed by atoms with Crippen molar-refractivity contribution in [2.24, 2.45) is 0 Å². The second kappa shape index (κ2) is 8.37. The number of aryl methyl sites for hydroxylation is 1. The van der Waals surface area contributed by atoms with Gasteiger partial charge in [-0.25, -0.2) is 13.8 Å². The van der Waals surface area contributed by atoms with Crippen molar-refractivity contribution in [3.8, 4) is 0 Å². The van der Waals surface area contributed by atoms with Gasteiger partial charge in [-0.2, -0.15) is 0 Å². The van der Waals surface area contributed by atoms with Gasteiger partial charge < -0.3 is 10.2 Å². The summed E-state index contributed by atoms with van der Waals surface area (Å²) < 4.78 is 28.1. The Labute approximate surface area is 169 Å². The van der Waals surface area contributed by atoms with E-state index in [0.717, 1.165) is 0 Å². The number of alkyl halides is 1. The molecule has 0 aliphatic carbocycles. The molecule has 1 fully saturated rings. The summed E-state index contributed by atoms with van der Waals surface area (Å²) in [6, 6.07) is 6.47. The molecule has 3 rings (SSSR count). The monoisotopic (exact) mass is 400 g/mol. The first kappa shape index (κ1) is 21.0. The molecule has 1 atom stereocenters. The number of rotatable bonds is 6. The molecule has 1 N–H and O–H groups in total. The fourth-order valence-corrected chi connectivity index (χ4v) is 3.62. The standard InChI is InChI=1S/C22H26F2N4O/c1-14(23)17-7-8-19(28-11-10-26-16(13-28)12-22(3,4)24)27-20(17)21(29)18-6-5-9-25-15(18)2/h5-9,16,26H,1,10-13H2,2-4H3/t16-/m0/s1. The minimum absolute atomic E-state index is 0.00649. The first-order chi connectivity index (χ1) is 13.7. The molecule has 1 aliphatic heterocycles. The van der Waals surface area contributed by atoms with Gasteiger partial charge >= 0.3 is 0 Å². The third kappa shape index (κ3) is 5.03. The molecule has 0 spiro atoms. The molecule has 3 heterocycles. The lowest BCUT2D eigenvalue weighted by atomic mass is 9.99. The number of pyridine rings is 2. The van der Waals surface area contributed by atoms with Crippen molar-refractivity contribution in [1.82, 2.24) is 15.3 Å². The minimum atomic E-state index is -1.29. The highest BCUT2D eigenvalue weighted by Gasteiger charge is 2.28. The van der Waals surface area contributed by atoms with Crippen LogP contribution in [0.3, 0.4) is 0 Å². The Bertz CT molecular complexity index is 923. The Morgan fingerprint density at radius 1 is 1.34 bits per heavy atom. The van der Waals surface area contributed by atoms with E-state index in [1.54, 1.807) is 45.2 Å². The summed E-state index contributed by atoms with van der Waals surface area (Å²) in [4.78, 5) is 23.7. The van der Waals surface area contributed by atoms with Crippen molar-refractivity contribution in [3.63, 3.8) is 0 Å². The zero-order valence-electron chi connectivity index (χ0n) is 17.0. The van der Waals surface area contributed by atoms with E-state index in [2.05, 4.69) is 21.9 Å². The topological polar surface area (TPSA) is 58.1 Å². The Morgan fingerprint density at radius 2 is 2.10 bits per heavy atom. The van der Waals surface area contributed by atoms with Gasteiger partial charge in [-0.1, -0.05) is 6.58 Å². The number of hydrogen-bond donors (Lipinski definition) is 1. The van der Waals surface area contributed by atoms with E-state index in [9.17, 15) is 13.6 Å². The van der Waals surface area contributed by atoms with Gasteiger partial charge in [-0.05, 0) is 51.5 Å². The molecule has 0 saturated carbocycles. The molecule has 1 saturated heterocycles. The van der Waals surface area contributed by atoms with Gasteiger partial charge in [0.1, 0.15) is 23.0 Å². The summed E-state index contributed by atoms with van der Waals surface area (Å²) >= 11 is 0. The van der Waals surface area contributed by atoms with Crippen LogP contribution in [0, 0.1) is 6.92 Å². The summed E-state index contributed by atoms with van der Waals surface area (Å²) in [7, 11) is 0. The Hall–Kier alpha value is -2.67. The number of ketones is 1. The Kier molecular flexibility index (Phi) is 6.07. The maximum Gasteiger partial charge on any atom is 0.213 e. The van der Waals surface area contributed by atoms with Crippen LogP contribution in [0.25, 0.3) is 5.83 Å². The van der Waals surface area contributed by atoms with Crippen LogP contribution < -0.4 is 10.2 Å². The quantitative estimate of drug-likeness (QED) is 0.746. The van der Waals surface area contributed by atoms with Crippen molar-refractivity contribution in [3.05, 3.63) is 59.6 Å². The maximum absolute atomic E-state index is 14.1. The second-order valence-electron chi connectivity index (χ2n) is 7.96. The van der Waals surface area contributed by atoms with Crippen LogP contribution in [0.15, 0.2) is 37.0 Å². The lowest BCUT2D eigenvalue weighted by Gasteiger charge is -2.36. The number of carbonyl (C=O) groups excluding carboxylic acids is 1. The van der Waals surface area contributed by atoms with Crippen LogP contribution in [0.5, 0.6) is 0 Å². The molecular formula is C22H26F2N4O. The van der Waals surface area contributed by atoms with E-state index in [0.29, 0.717) is 43.1 Å². The van der Waals surface area contributed by atoms with E-state index in [1.807, 2.05) is 4.90 Å². The molecule has 154 valence electrons. The van der Waals surface area contributed by atoms with E-state index < -0.39 is 17.3 Å². The van der Waals surface area contributed by atoms with Gasteiger partial charge in [0, 0.05) is 48.7 Å². The summed E-state index contributed by atoms with van der Waals surface area (Å²) in [6.45, 7) is 10.1. The van der Waals surface area contributed by atoms with Crippen molar-refractivity contribution in [1.29, 1.82) is 0 Å². The first-order valence-corrected chi connectivity index (χ1v) is 9.65. The fraction of sp³-hybridized carbons (Fsp3) is 0.409. The molecule has 2 aromatic rings.